The molecule has 0 bridgehead atoms. The highest BCUT2D eigenvalue weighted by Gasteiger charge is 2.37. The molecule has 1 aliphatic heterocycles. The first-order valence-corrected chi connectivity index (χ1v) is 9.54. The molecule has 0 aromatic carbocycles. The third kappa shape index (κ3) is 3.49. The van der Waals surface area contributed by atoms with Gasteiger partial charge in [-0.25, -0.2) is 8.42 Å². The van der Waals surface area contributed by atoms with Crippen LogP contribution in [0.5, 0.6) is 0 Å². The largest absolute Gasteiger partial charge is 0.378 e. The number of morpholine rings is 1. The molecule has 1 saturated heterocycles. The van der Waals surface area contributed by atoms with Crippen molar-refractivity contribution in [2.45, 2.75) is 45.1 Å². The monoisotopic (exact) mass is 329 g/mol. The summed E-state index contributed by atoms with van der Waals surface area (Å²) in [4.78, 5) is 4.18. The van der Waals surface area contributed by atoms with Crippen molar-refractivity contribution in [1.82, 2.24) is 14.4 Å². The Hall–Kier alpha value is -0.990. The van der Waals surface area contributed by atoms with Crippen LogP contribution in [0.25, 0.3) is 0 Å². The van der Waals surface area contributed by atoms with Crippen LogP contribution in [0.2, 0.25) is 0 Å². The van der Waals surface area contributed by atoms with Crippen molar-refractivity contribution in [3.8, 4) is 0 Å². The molecule has 0 unspecified atom stereocenters. The number of sulfonamides is 1. The van der Waals surface area contributed by atoms with Crippen molar-refractivity contribution in [2.24, 2.45) is 5.92 Å². The van der Waals surface area contributed by atoms with E-state index in [-0.39, 0.29) is 18.3 Å². The van der Waals surface area contributed by atoms with Gasteiger partial charge in [0, 0.05) is 13.5 Å². The maximum Gasteiger partial charge on any atom is 0.223 e. The molecule has 0 N–H and O–H groups in total. The SMILES string of the molecule is Cc1nc([C@@H]2COCCN2S(=O)(=O)CC2CCCCC2)no1. The van der Waals surface area contributed by atoms with Crippen molar-refractivity contribution < 1.29 is 17.7 Å². The van der Waals surface area contributed by atoms with Gasteiger partial charge < -0.3 is 9.26 Å². The van der Waals surface area contributed by atoms with Crippen LogP contribution in [0.1, 0.15) is 49.9 Å². The van der Waals surface area contributed by atoms with Gasteiger partial charge in [-0.05, 0) is 18.8 Å². The van der Waals surface area contributed by atoms with Crippen molar-refractivity contribution >= 4 is 10.0 Å². The lowest BCUT2D eigenvalue weighted by Gasteiger charge is -2.34. The van der Waals surface area contributed by atoms with Crippen LogP contribution in [-0.2, 0) is 14.8 Å². The predicted molar refractivity (Wildman–Crippen MR) is 79.7 cm³/mol. The van der Waals surface area contributed by atoms with Crippen LogP contribution >= 0.6 is 0 Å². The molecular formula is C14H23N3O4S. The van der Waals surface area contributed by atoms with Gasteiger partial charge in [0.25, 0.3) is 0 Å². The van der Waals surface area contributed by atoms with Crippen LogP contribution in [0.4, 0.5) is 0 Å². The molecule has 0 spiro atoms. The molecule has 0 radical (unpaired) electrons. The number of aryl methyl sites for hydroxylation is 1. The van der Waals surface area contributed by atoms with Crippen LogP contribution in [-0.4, -0.2) is 48.4 Å². The van der Waals surface area contributed by atoms with E-state index < -0.39 is 16.1 Å². The fraction of sp³-hybridized carbons (Fsp3) is 0.857. The molecule has 22 heavy (non-hydrogen) atoms. The molecule has 1 aliphatic carbocycles. The zero-order valence-electron chi connectivity index (χ0n) is 12.9. The van der Waals surface area contributed by atoms with E-state index in [4.69, 9.17) is 9.26 Å². The van der Waals surface area contributed by atoms with Crippen LogP contribution in [0.3, 0.4) is 0 Å². The number of hydrogen-bond donors (Lipinski definition) is 0. The minimum atomic E-state index is -3.34. The van der Waals surface area contributed by atoms with Gasteiger partial charge in [-0.1, -0.05) is 24.4 Å². The third-order valence-electron chi connectivity index (χ3n) is 4.45. The highest BCUT2D eigenvalue weighted by molar-refractivity contribution is 7.89. The lowest BCUT2D eigenvalue weighted by Crippen LogP contribution is -2.45. The van der Waals surface area contributed by atoms with Gasteiger partial charge in [0.05, 0.1) is 19.0 Å². The van der Waals surface area contributed by atoms with Crippen molar-refractivity contribution in [1.29, 1.82) is 0 Å². The Morgan fingerprint density at radius 3 is 2.73 bits per heavy atom. The summed E-state index contributed by atoms with van der Waals surface area (Å²) in [6.07, 6.45) is 5.51. The number of rotatable bonds is 4. The van der Waals surface area contributed by atoms with Crippen LogP contribution in [0.15, 0.2) is 4.52 Å². The zero-order chi connectivity index (χ0) is 15.6. The number of hydrogen-bond acceptors (Lipinski definition) is 6. The molecule has 1 aromatic heterocycles. The second kappa shape index (κ2) is 6.64. The Morgan fingerprint density at radius 1 is 1.27 bits per heavy atom. The van der Waals surface area contributed by atoms with E-state index in [9.17, 15) is 8.42 Å². The number of nitrogens with zero attached hydrogens (tertiary/aromatic N) is 3. The summed E-state index contributed by atoms with van der Waals surface area (Å²) in [6, 6.07) is -0.472. The average molecular weight is 329 g/mol. The Kier molecular flexibility index (Phi) is 4.79. The fourth-order valence-electron chi connectivity index (χ4n) is 3.32. The Morgan fingerprint density at radius 2 is 2.05 bits per heavy atom. The van der Waals surface area contributed by atoms with Gasteiger partial charge in [-0.2, -0.15) is 9.29 Å². The molecule has 8 heteroatoms. The van der Waals surface area contributed by atoms with Gasteiger partial charge in [0.2, 0.25) is 15.9 Å². The van der Waals surface area contributed by atoms with E-state index in [1.165, 1.54) is 10.7 Å². The summed E-state index contributed by atoms with van der Waals surface area (Å²) in [5, 5.41) is 3.88. The van der Waals surface area contributed by atoms with Crippen molar-refractivity contribution in [3.05, 3.63) is 11.7 Å². The van der Waals surface area contributed by atoms with Gasteiger partial charge in [0.15, 0.2) is 5.82 Å². The predicted octanol–water partition coefficient (Wildman–Crippen LogP) is 1.66. The minimum absolute atomic E-state index is 0.223. The van der Waals surface area contributed by atoms with Gasteiger partial charge >= 0.3 is 0 Å². The molecule has 2 aliphatic rings. The summed E-state index contributed by atoms with van der Waals surface area (Å²) >= 11 is 0. The average Bonchev–Trinajstić information content (AvgIpc) is 2.94. The summed E-state index contributed by atoms with van der Waals surface area (Å²) < 4.78 is 37.6. The Bertz CT molecular complexity index is 595. The molecule has 3 rings (SSSR count). The molecule has 7 nitrogen and oxygen atoms in total. The lowest BCUT2D eigenvalue weighted by molar-refractivity contribution is 0.0280. The van der Waals surface area contributed by atoms with Gasteiger partial charge in [0.1, 0.15) is 6.04 Å². The normalized spacial score (nSPS) is 25.4. The molecular weight excluding hydrogens is 306 g/mol. The fourth-order valence-corrected chi connectivity index (χ4v) is 5.34. The quantitative estimate of drug-likeness (QED) is 0.835. The van der Waals surface area contributed by atoms with Crippen LogP contribution in [0, 0.1) is 12.8 Å². The summed E-state index contributed by atoms with van der Waals surface area (Å²) in [6.45, 7) is 2.74. The molecule has 1 atom stereocenters. The van der Waals surface area contributed by atoms with E-state index in [2.05, 4.69) is 10.1 Å². The molecule has 2 fully saturated rings. The van der Waals surface area contributed by atoms with Gasteiger partial charge in [-0.3, -0.25) is 0 Å². The number of ether oxygens (including phenoxy) is 1. The standard InChI is InChI=1S/C14H23N3O4S/c1-11-15-14(16-21-11)13-9-20-8-7-17(13)22(18,19)10-12-5-3-2-4-6-12/h12-13H,2-10H2,1H3/t13-/m0/s1. The number of aromatic nitrogens is 2. The molecule has 1 aromatic rings. The molecule has 0 amide bonds. The summed E-state index contributed by atoms with van der Waals surface area (Å²) in [5.74, 6) is 1.32. The van der Waals surface area contributed by atoms with Crippen LogP contribution < -0.4 is 0 Å². The van der Waals surface area contributed by atoms with E-state index in [0.717, 1.165) is 25.7 Å². The molecule has 124 valence electrons. The first kappa shape index (κ1) is 15.9. The first-order valence-electron chi connectivity index (χ1n) is 7.94. The Labute approximate surface area is 131 Å². The van der Waals surface area contributed by atoms with E-state index in [0.29, 0.717) is 24.9 Å². The molecule has 2 heterocycles. The first-order chi connectivity index (χ1) is 10.6. The summed E-state index contributed by atoms with van der Waals surface area (Å²) in [5.41, 5.74) is 0. The lowest BCUT2D eigenvalue weighted by atomic mass is 9.91. The maximum atomic E-state index is 12.8. The second-order valence-electron chi connectivity index (χ2n) is 6.16. The molecule has 1 saturated carbocycles. The highest BCUT2D eigenvalue weighted by Crippen LogP contribution is 2.30. The summed E-state index contributed by atoms with van der Waals surface area (Å²) in [7, 11) is -3.34. The Balaban J connectivity index is 1.76. The van der Waals surface area contributed by atoms with E-state index in [1.807, 2.05) is 0 Å². The minimum Gasteiger partial charge on any atom is -0.378 e. The second-order valence-corrected chi connectivity index (χ2v) is 8.12. The van der Waals surface area contributed by atoms with Crippen molar-refractivity contribution in [2.75, 3.05) is 25.5 Å². The third-order valence-corrected chi connectivity index (χ3v) is 6.49. The highest BCUT2D eigenvalue weighted by atomic mass is 32.2. The maximum absolute atomic E-state index is 12.8. The zero-order valence-corrected chi connectivity index (χ0v) is 13.7. The smallest absolute Gasteiger partial charge is 0.223 e. The van der Waals surface area contributed by atoms with Gasteiger partial charge in [-0.15, -0.1) is 0 Å². The van der Waals surface area contributed by atoms with E-state index in [1.54, 1.807) is 6.92 Å². The van der Waals surface area contributed by atoms with Crippen molar-refractivity contribution in [3.63, 3.8) is 0 Å². The van der Waals surface area contributed by atoms with E-state index >= 15 is 0 Å². The topological polar surface area (TPSA) is 85.5 Å².